The first-order chi connectivity index (χ1) is 6.52. The Bertz CT molecular complexity index is 365. The van der Waals surface area contributed by atoms with Gasteiger partial charge in [-0.15, -0.1) is 0 Å². The molecular weight excluding hydrogens is 244 g/mol. The molecule has 0 aliphatic rings. The topological polar surface area (TPSA) is 29.1 Å². The van der Waals surface area contributed by atoms with E-state index in [9.17, 15) is 4.79 Å². The maximum atomic E-state index is 10.7. The smallest absolute Gasteiger partial charge is 0.217 e. The van der Waals surface area contributed by atoms with Crippen LogP contribution in [0, 0.1) is 0 Å². The Labute approximate surface area is 97.1 Å². The van der Waals surface area contributed by atoms with Gasteiger partial charge in [0, 0.05) is 24.1 Å². The van der Waals surface area contributed by atoms with Gasteiger partial charge in [0.1, 0.15) is 0 Å². The molecule has 0 saturated carbocycles. The molecule has 1 aromatic carbocycles. The normalized spacial score (nSPS) is 10.0. The van der Waals surface area contributed by atoms with Crippen molar-refractivity contribution in [2.24, 2.45) is 0 Å². The molecule has 0 bridgehead atoms. The summed E-state index contributed by atoms with van der Waals surface area (Å²) in [4.78, 5) is 10.7. The van der Waals surface area contributed by atoms with Gasteiger partial charge in [-0.05, 0) is 12.1 Å². The summed E-state index contributed by atoms with van der Waals surface area (Å²) in [6.45, 7) is 1.71. The standard InChI is InChI=1S/C9H8Cl3NO/c1-5(14)13-4-6-7(10)2-3-8(11)9(6)12/h2-3H,4H2,1H3,(H,13,14). The lowest BCUT2D eigenvalue weighted by atomic mass is 10.2. The molecule has 0 fully saturated rings. The fraction of sp³-hybridized carbons (Fsp3) is 0.222. The molecule has 76 valence electrons. The molecule has 1 rings (SSSR count). The van der Waals surface area contributed by atoms with E-state index in [1.165, 1.54) is 6.92 Å². The van der Waals surface area contributed by atoms with Gasteiger partial charge in [-0.2, -0.15) is 0 Å². The number of hydrogen-bond donors (Lipinski definition) is 1. The number of rotatable bonds is 2. The van der Waals surface area contributed by atoms with E-state index in [2.05, 4.69) is 5.32 Å². The largest absolute Gasteiger partial charge is 0.352 e. The van der Waals surface area contributed by atoms with E-state index in [0.29, 0.717) is 20.6 Å². The van der Waals surface area contributed by atoms with E-state index in [1.54, 1.807) is 12.1 Å². The van der Waals surface area contributed by atoms with E-state index >= 15 is 0 Å². The summed E-state index contributed by atoms with van der Waals surface area (Å²) in [7, 11) is 0. The highest BCUT2D eigenvalue weighted by Crippen LogP contribution is 2.31. The maximum Gasteiger partial charge on any atom is 0.217 e. The molecule has 0 aliphatic carbocycles. The molecule has 0 aliphatic heterocycles. The summed E-state index contributed by atoms with van der Waals surface area (Å²) in [5.41, 5.74) is 0.635. The molecule has 14 heavy (non-hydrogen) atoms. The monoisotopic (exact) mass is 251 g/mol. The van der Waals surface area contributed by atoms with Gasteiger partial charge in [0.2, 0.25) is 5.91 Å². The molecule has 0 saturated heterocycles. The summed E-state index contributed by atoms with van der Waals surface area (Å²) in [5, 5.41) is 3.91. The number of carbonyl (C=O) groups excluding carboxylic acids is 1. The highest BCUT2D eigenvalue weighted by atomic mass is 35.5. The van der Waals surface area contributed by atoms with Crippen LogP contribution < -0.4 is 5.32 Å². The van der Waals surface area contributed by atoms with Gasteiger partial charge in [0.05, 0.1) is 10.0 Å². The van der Waals surface area contributed by atoms with Gasteiger partial charge >= 0.3 is 0 Å². The molecule has 1 amide bonds. The predicted octanol–water partition coefficient (Wildman–Crippen LogP) is 3.28. The van der Waals surface area contributed by atoms with Gasteiger partial charge in [0.25, 0.3) is 0 Å². The van der Waals surface area contributed by atoms with Crippen molar-refractivity contribution in [1.29, 1.82) is 0 Å². The van der Waals surface area contributed by atoms with Crippen LogP contribution in [0.2, 0.25) is 15.1 Å². The third-order valence-electron chi connectivity index (χ3n) is 1.65. The van der Waals surface area contributed by atoms with Crippen LogP contribution >= 0.6 is 34.8 Å². The Balaban J connectivity index is 2.95. The molecular formula is C9H8Cl3NO. The molecule has 2 nitrogen and oxygen atoms in total. The molecule has 0 radical (unpaired) electrons. The Kier molecular flexibility index (Phi) is 4.05. The van der Waals surface area contributed by atoms with Crippen molar-refractivity contribution in [3.8, 4) is 0 Å². The van der Waals surface area contributed by atoms with E-state index in [0.717, 1.165) is 0 Å². The first kappa shape index (κ1) is 11.6. The van der Waals surface area contributed by atoms with Crippen LogP contribution in [0.5, 0.6) is 0 Å². The SMILES string of the molecule is CC(=O)NCc1c(Cl)ccc(Cl)c1Cl. The van der Waals surface area contributed by atoms with Crippen LogP contribution in [-0.2, 0) is 11.3 Å². The first-order valence-electron chi connectivity index (χ1n) is 3.89. The minimum Gasteiger partial charge on any atom is -0.352 e. The second-order valence-electron chi connectivity index (χ2n) is 2.73. The van der Waals surface area contributed by atoms with Crippen molar-refractivity contribution in [3.63, 3.8) is 0 Å². The third kappa shape index (κ3) is 2.77. The van der Waals surface area contributed by atoms with Crippen molar-refractivity contribution < 1.29 is 4.79 Å². The van der Waals surface area contributed by atoms with Crippen molar-refractivity contribution >= 4 is 40.7 Å². The lowest BCUT2D eigenvalue weighted by Gasteiger charge is -2.08. The fourth-order valence-corrected chi connectivity index (χ4v) is 1.63. The molecule has 5 heteroatoms. The van der Waals surface area contributed by atoms with Crippen LogP contribution in [0.25, 0.3) is 0 Å². The van der Waals surface area contributed by atoms with E-state index in [4.69, 9.17) is 34.8 Å². The summed E-state index contributed by atoms with van der Waals surface area (Å²) < 4.78 is 0. The lowest BCUT2D eigenvalue weighted by molar-refractivity contribution is -0.119. The first-order valence-corrected chi connectivity index (χ1v) is 5.02. The van der Waals surface area contributed by atoms with Crippen LogP contribution in [-0.4, -0.2) is 5.91 Å². The predicted molar refractivity (Wildman–Crippen MR) is 59.0 cm³/mol. The molecule has 1 N–H and O–H groups in total. The van der Waals surface area contributed by atoms with E-state index < -0.39 is 0 Å². The summed E-state index contributed by atoms with van der Waals surface area (Å²) in [6, 6.07) is 3.26. The average molecular weight is 253 g/mol. The van der Waals surface area contributed by atoms with Crippen LogP contribution in [0.3, 0.4) is 0 Å². The molecule has 0 heterocycles. The summed E-state index contributed by atoms with van der Waals surface area (Å²) >= 11 is 17.6. The van der Waals surface area contributed by atoms with E-state index in [-0.39, 0.29) is 12.5 Å². The molecule has 1 aromatic rings. The van der Waals surface area contributed by atoms with Crippen molar-refractivity contribution in [3.05, 3.63) is 32.8 Å². The molecule has 0 atom stereocenters. The third-order valence-corrected chi connectivity index (χ3v) is 2.85. The van der Waals surface area contributed by atoms with Crippen LogP contribution in [0.1, 0.15) is 12.5 Å². The number of carbonyl (C=O) groups is 1. The zero-order valence-corrected chi connectivity index (χ0v) is 9.67. The van der Waals surface area contributed by atoms with Gasteiger partial charge in [-0.25, -0.2) is 0 Å². The Morgan fingerprint density at radius 2 is 1.86 bits per heavy atom. The quantitative estimate of drug-likeness (QED) is 0.804. The van der Waals surface area contributed by atoms with Crippen molar-refractivity contribution in [2.45, 2.75) is 13.5 Å². The summed E-state index contributed by atoms with van der Waals surface area (Å²) in [6.07, 6.45) is 0. The number of nitrogens with one attached hydrogen (secondary N) is 1. The number of hydrogen-bond acceptors (Lipinski definition) is 1. The number of benzene rings is 1. The molecule has 0 unspecified atom stereocenters. The Hall–Kier alpha value is -0.440. The summed E-state index contributed by atoms with van der Waals surface area (Å²) in [5.74, 6) is -0.142. The van der Waals surface area contributed by atoms with Gasteiger partial charge < -0.3 is 5.32 Å². The number of halogens is 3. The van der Waals surface area contributed by atoms with Crippen LogP contribution in [0.15, 0.2) is 12.1 Å². The highest BCUT2D eigenvalue weighted by molar-refractivity contribution is 6.44. The average Bonchev–Trinajstić information content (AvgIpc) is 2.11. The Morgan fingerprint density at radius 1 is 1.29 bits per heavy atom. The second kappa shape index (κ2) is 4.87. The molecule has 0 spiro atoms. The zero-order chi connectivity index (χ0) is 10.7. The Morgan fingerprint density at radius 3 is 2.43 bits per heavy atom. The van der Waals surface area contributed by atoms with Crippen molar-refractivity contribution in [1.82, 2.24) is 5.32 Å². The maximum absolute atomic E-state index is 10.7. The highest BCUT2D eigenvalue weighted by Gasteiger charge is 2.09. The van der Waals surface area contributed by atoms with Gasteiger partial charge in [0.15, 0.2) is 0 Å². The van der Waals surface area contributed by atoms with Crippen molar-refractivity contribution in [2.75, 3.05) is 0 Å². The van der Waals surface area contributed by atoms with Gasteiger partial charge in [-0.3, -0.25) is 4.79 Å². The second-order valence-corrected chi connectivity index (χ2v) is 3.92. The fourth-order valence-electron chi connectivity index (χ4n) is 0.944. The van der Waals surface area contributed by atoms with Gasteiger partial charge in [-0.1, -0.05) is 34.8 Å². The minimum absolute atomic E-state index is 0.142. The van der Waals surface area contributed by atoms with Crippen LogP contribution in [0.4, 0.5) is 0 Å². The minimum atomic E-state index is -0.142. The number of amides is 1. The zero-order valence-electron chi connectivity index (χ0n) is 7.40. The molecule has 0 aromatic heterocycles. The lowest BCUT2D eigenvalue weighted by Crippen LogP contribution is -2.19. The van der Waals surface area contributed by atoms with E-state index in [1.807, 2.05) is 0 Å².